The number of nitrogens with one attached hydrogen (secondary N) is 1. The number of furan rings is 1. The molecule has 20 heavy (non-hydrogen) atoms. The zero-order valence-corrected chi connectivity index (χ0v) is 11.8. The Morgan fingerprint density at radius 1 is 1.25 bits per heavy atom. The van der Waals surface area contributed by atoms with Gasteiger partial charge in [-0.3, -0.25) is 0 Å². The maximum Gasteiger partial charge on any atom is 0.374 e. The Labute approximate surface area is 119 Å². The van der Waals surface area contributed by atoms with Crippen LogP contribution in [0.25, 0.3) is 0 Å². The lowest BCUT2D eigenvalue weighted by Crippen LogP contribution is -3.08. The molecule has 0 radical (unpaired) electrons. The molecule has 2 aromatic rings. The van der Waals surface area contributed by atoms with Crippen LogP contribution in [0.5, 0.6) is 0 Å². The van der Waals surface area contributed by atoms with Gasteiger partial charge in [0.25, 0.3) is 0 Å². The zero-order chi connectivity index (χ0) is 14.4. The Bertz CT molecular complexity index is 522. The zero-order valence-electron chi connectivity index (χ0n) is 11.8. The van der Waals surface area contributed by atoms with Crippen LogP contribution in [0.2, 0.25) is 0 Å². The number of rotatable bonds is 6. The third-order valence-corrected chi connectivity index (χ3v) is 3.02. The van der Waals surface area contributed by atoms with Crippen molar-refractivity contribution in [1.82, 2.24) is 0 Å². The first-order chi connectivity index (χ1) is 9.65. The molecule has 1 heterocycles. The van der Waals surface area contributed by atoms with Gasteiger partial charge in [0.2, 0.25) is 5.76 Å². The van der Waals surface area contributed by atoms with E-state index in [1.165, 1.54) is 16.7 Å². The molecule has 106 valence electrons. The summed E-state index contributed by atoms with van der Waals surface area (Å²) in [5, 5.41) is 0. The molecule has 0 aliphatic rings. The van der Waals surface area contributed by atoms with Gasteiger partial charge in [-0.1, -0.05) is 30.3 Å². The minimum Gasteiger partial charge on any atom is -0.457 e. The molecule has 1 aromatic heterocycles. The van der Waals surface area contributed by atoms with Crippen molar-refractivity contribution in [2.75, 3.05) is 13.6 Å². The molecule has 1 unspecified atom stereocenters. The fraction of sp³-hybridized carbons (Fsp3) is 0.312. The highest BCUT2D eigenvalue weighted by Gasteiger charge is 2.17. The quantitative estimate of drug-likeness (QED) is 0.813. The number of hydrogen-bond acceptors (Lipinski definition) is 3. The van der Waals surface area contributed by atoms with Crippen LogP contribution >= 0.6 is 0 Å². The molecule has 0 aliphatic heterocycles. The Balaban J connectivity index is 1.79. The summed E-state index contributed by atoms with van der Waals surface area (Å²) in [6.45, 7) is 3.56. The first kappa shape index (κ1) is 14.3. The number of likely N-dealkylation sites (N-methyl/N-ethyl adjacent to an activating group) is 1. The molecule has 1 N–H and O–H groups in total. The largest absolute Gasteiger partial charge is 0.457 e. The number of esters is 1. The molecule has 0 aliphatic carbocycles. The van der Waals surface area contributed by atoms with Gasteiger partial charge in [0.1, 0.15) is 19.2 Å². The Morgan fingerprint density at radius 3 is 2.65 bits per heavy atom. The van der Waals surface area contributed by atoms with Gasteiger partial charge in [0.15, 0.2) is 0 Å². The Morgan fingerprint density at radius 2 is 2.00 bits per heavy atom. The topological polar surface area (TPSA) is 43.9 Å². The molecular formula is C16H20NO3+. The minimum absolute atomic E-state index is 0.156. The lowest BCUT2D eigenvalue weighted by atomic mass is 10.2. The van der Waals surface area contributed by atoms with Gasteiger partial charge in [-0.05, 0) is 19.1 Å². The summed E-state index contributed by atoms with van der Waals surface area (Å²) in [7, 11) is 2.09. The van der Waals surface area contributed by atoms with E-state index in [0.717, 1.165) is 13.1 Å². The average molecular weight is 274 g/mol. The fourth-order valence-electron chi connectivity index (χ4n) is 2.18. The van der Waals surface area contributed by atoms with Crippen LogP contribution in [0.15, 0.2) is 53.1 Å². The second-order valence-corrected chi connectivity index (χ2v) is 5.02. The maximum atomic E-state index is 11.7. The molecule has 2 rings (SSSR count). The van der Waals surface area contributed by atoms with Crippen LogP contribution in [0.3, 0.4) is 0 Å². The Kier molecular flexibility index (Phi) is 4.96. The lowest BCUT2D eigenvalue weighted by Gasteiger charge is -2.18. The fourth-order valence-corrected chi connectivity index (χ4v) is 2.18. The number of carbonyl (C=O) groups is 1. The van der Waals surface area contributed by atoms with Crippen LogP contribution in [-0.2, 0) is 11.3 Å². The third kappa shape index (κ3) is 4.24. The monoisotopic (exact) mass is 274 g/mol. The molecule has 4 heteroatoms. The second-order valence-electron chi connectivity index (χ2n) is 5.02. The second kappa shape index (κ2) is 6.91. The first-order valence-corrected chi connectivity index (χ1v) is 6.75. The third-order valence-electron chi connectivity index (χ3n) is 3.02. The van der Waals surface area contributed by atoms with E-state index >= 15 is 0 Å². The molecule has 2 atom stereocenters. The Hall–Kier alpha value is -2.07. The van der Waals surface area contributed by atoms with Crippen LogP contribution in [0, 0.1) is 0 Å². The SMILES string of the molecule is C[C@H](C[NH+](C)Cc1ccccc1)OC(=O)c1ccco1. The van der Waals surface area contributed by atoms with Gasteiger partial charge in [-0.15, -0.1) is 0 Å². The van der Waals surface area contributed by atoms with Crippen molar-refractivity contribution in [3.8, 4) is 0 Å². The van der Waals surface area contributed by atoms with E-state index in [2.05, 4.69) is 19.2 Å². The summed E-state index contributed by atoms with van der Waals surface area (Å²) in [4.78, 5) is 13.0. The number of benzene rings is 1. The summed E-state index contributed by atoms with van der Waals surface area (Å²) in [5.41, 5.74) is 1.27. The molecule has 4 nitrogen and oxygen atoms in total. The number of hydrogen-bond donors (Lipinski definition) is 1. The molecule has 1 aromatic carbocycles. The molecular weight excluding hydrogens is 254 g/mol. The highest BCUT2D eigenvalue weighted by atomic mass is 16.6. The van der Waals surface area contributed by atoms with Crippen molar-refractivity contribution in [1.29, 1.82) is 0 Å². The summed E-state index contributed by atoms with van der Waals surface area (Å²) in [6, 6.07) is 13.5. The smallest absolute Gasteiger partial charge is 0.374 e. The van der Waals surface area contributed by atoms with Crippen molar-refractivity contribution in [2.45, 2.75) is 19.6 Å². The van der Waals surface area contributed by atoms with Crippen LogP contribution in [-0.4, -0.2) is 25.7 Å². The lowest BCUT2D eigenvalue weighted by molar-refractivity contribution is -0.896. The van der Waals surface area contributed by atoms with Crippen molar-refractivity contribution in [3.63, 3.8) is 0 Å². The van der Waals surface area contributed by atoms with Crippen molar-refractivity contribution >= 4 is 5.97 Å². The maximum absolute atomic E-state index is 11.7. The van der Waals surface area contributed by atoms with Crippen molar-refractivity contribution in [3.05, 3.63) is 60.1 Å². The van der Waals surface area contributed by atoms with E-state index in [1.54, 1.807) is 12.1 Å². The molecule has 0 saturated carbocycles. The van der Waals surface area contributed by atoms with E-state index in [9.17, 15) is 4.79 Å². The molecule has 0 saturated heterocycles. The average Bonchev–Trinajstić information content (AvgIpc) is 2.93. The van der Waals surface area contributed by atoms with Gasteiger partial charge in [0, 0.05) is 5.56 Å². The normalized spacial score (nSPS) is 13.7. The highest BCUT2D eigenvalue weighted by molar-refractivity contribution is 5.86. The number of ether oxygens (including phenoxy) is 1. The summed E-state index contributed by atoms with van der Waals surface area (Å²) in [6.07, 6.45) is 1.31. The van der Waals surface area contributed by atoms with Crippen molar-refractivity contribution < 1.29 is 18.8 Å². The van der Waals surface area contributed by atoms with E-state index < -0.39 is 5.97 Å². The van der Waals surface area contributed by atoms with Crippen LogP contribution in [0.1, 0.15) is 23.0 Å². The minimum atomic E-state index is -0.407. The van der Waals surface area contributed by atoms with Crippen LogP contribution < -0.4 is 4.90 Å². The van der Waals surface area contributed by atoms with Gasteiger partial charge in [0.05, 0.1) is 13.3 Å². The van der Waals surface area contributed by atoms with Crippen molar-refractivity contribution in [2.24, 2.45) is 0 Å². The number of carbonyl (C=O) groups excluding carboxylic acids is 1. The predicted octanol–water partition coefficient (Wildman–Crippen LogP) is 1.54. The molecule has 0 fully saturated rings. The molecule has 0 amide bonds. The van der Waals surface area contributed by atoms with Gasteiger partial charge in [-0.25, -0.2) is 4.79 Å². The van der Waals surface area contributed by atoms with Gasteiger partial charge in [-0.2, -0.15) is 0 Å². The van der Waals surface area contributed by atoms with Crippen LogP contribution in [0.4, 0.5) is 0 Å². The summed E-state index contributed by atoms with van der Waals surface area (Å²) >= 11 is 0. The summed E-state index contributed by atoms with van der Waals surface area (Å²) in [5.74, 6) is -0.160. The van der Waals surface area contributed by atoms with E-state index in [-0.39, 0.29) is 11.9 Å². The van der Waals surface area contributed by atoms with Gasteiger partial charge >= 0.3 is 5.97 Å². The van der Waals surface area contributed by atoms with Gasteiger partial charge < -0.3 is 14.1 Å². The predicted molar refractivity (Wildman–Crippen MR) is 75.5 cm³/mol. The molecule has 0 spiro atoms. The summed E-state index contributed by atoms with van der Waals surface area (Å²) < 4.78 is 10.4. The van der Waals surface area contributed by atoms with E-state index in [0.29, 0.717) is 0 Å². The van der Waals surface area contributed by atoms with E-state index in [1.807, 2.05) is 25.1 Å². The molecule has 0 bridgehead atoms. The highest BCUT2D eigenvalue weighted by Crippen LogP contribution is 2.04. The standard InChI is InChI=1S/C16H19NO3/c1-13(20-16(18)15-9-6-10-19-15)11-17(2)12-14-7-4-3-5-8-14/h3-10,13H,11-12H2,1-2H3/p+1/t13-/m1/s1. The first-order valence-electron chi connectivity index (χ1n) is 6.75. The van der Waals surface area contributed by atoms with E-state index in [4.69, 9.17) is 9.15 Å². The number of quaternary nitrogens is 1.